The van der Waals surface area contributed by atoms with Crippen molar-refractivity contribution in [3.63, 3.8) is 0 Å². The van der Waals surface area contributed by atoms with E-state index in [0.717, 1.165) is 37.7 Å². The molecule has 1 aliphatic rings. The lowest BCUT2D eigenvalue weighted by atomic mass is 10.1. The van der Waals surface area contributed by atoms with Crippen molar-refractivity contribution in [1.82, 2.24) is 0 Å². The van der Waals surface area contributed by atoms with Gasteiger partial charge in [0.25, 0.3) is 0 Å². The lowest BCUT2D eigenvalue weighted by molar-refractivity contribution is -0.139. The molecular weight excluding hydrogens is 460 g/mol. The fraction of sp³-hybridized carbons (Fsp3) is 0.345. The van der Waals surface area contributed by atoms with Gasteiger partial charge in [0.05, 0.1) is 18.8 Å². The second-order valence-electron chi connectivity index (χ2n) is 8.45. The predicted molar refractivity (Wildman–Crippen MR) is 136 cm³/mol. The maximum atomic E-state index is 12.4. The maximum absolute atomic E-state index is 12.4. The Balaban J connectivity index is 1.33. The number of benzene rings is 2. The van der Waals surface area contributed by atoms with Crippen LogP contribution in [0.15, 0.2) is 66.8 Å². The van der Waals surface area contributed by atoms with Crippen LogP contribution in [0.25, 0.3) is 6.08 Å². The third-order valence-corrected chi connectivity index (χ3v) is 5.60. The van der Waals surface area contributed by atoms with Crippen LogP contribution in [0.5, 0.6) is 11.5 Å². The number of carbonyl (C=O) groups is 3. The van der Waals surface area contributed by atoms with Gasteiger partial charge in [0, 0.05) is 18.1 Å². The summed E-state index contributed by atoms with van der Waals surface area (Å²) in [5, 5.41) is 0. The van der Waals surface area contributed by atoms with Crippen LogP contribution in [0.2, 0.25) is 0 Å². The molecule has 2 aromatic rings. The smallest absolute Gasteiger partial charge is 0.343 e. The normalized spacial score (nSPS) is 15.1. The lowest BCUT2D eigenvalue weighted by Crippen LogP contribution is -2.08. The molecule has 36 heavy (non-hydrogen) atoms. The van der Waals surface area contributed by atoms with Crippen LogP contribution in [0.3, 0.4) is 0 Å². The van der Waals surface area contributed by atoms with Crippen LogP contribution in [-0.4, -0.2) is 37.2 Å². The summed E-state index contributed by atoms with van der Waals surface area (Å²) < 4.78 is 21.3. The number of esters is 3. The van der Waals surface area contributed by atoms with Gasteiger partial charge >= 0.3 is 17.9 Å². The van der Waals surface area contributed by atoms with Crippen LogP contribution < -0.4 is 9.47 Å². The average Bonchev–Trinajstić information content (AvgIpc) is 3.20. The second kappa shape index (κ2) is 13.9. The highest BCUT2D eigenvalue weighted by atomic mass is 16.6. The fourth-order valence-electron chi connectivity index (χ4n) is 3.67. The maximum Gasteiger partial charge on any atom is 0.343 e. The van der Waals surface area contributed by atoms with Crippen molar-refractivity contribution in [3.8, 4) is 11.5 Å². The lowest BCUT2D eigenvalue weighted by Gasteiger charge is -2.09. The summed E-state index contributed by atoms with van der Waals surface area (Å²) in [6, 6.07) is 13.7. The number of rotatable bonds is 13. The Hall–Kier alpha value is -3.87. The summed E-state index contributed by atoms with van der Waals surface area (Å²) in [4.78, 5) is 35.1. The highest BCUT2D eigenvalue weighted by Gasteiger charge is 2.26. The van der Waals surface area contributed by atoms with Crippen LogP contribution >= 0.6 is 0 Å². The minimum atomic E-state index is -0.465. The second-order valence-corrected chi connectivity index (χ2v) is 8.45. The molecule has 0 amide bonds. The van der Waals surface area contributed by atoms with Crippen molar-refractivity contribution in [2.75, 3.05) is 13.2 Å². The van der Waals surface area contributed by atoms with Gasteiger partial charge in [-0.15, -0.1) is 0 Å². The first-order chi connectivity index (χ1) is 17.4. The van der Waals surface area contributed by atoms with Crippen molar-refractivity contribution < 1.29 is 33.3 Å². The monoisotopic (exact) mass is 492 g/mol. The van der Waals surface area contributed by atoms with Gasteiger partial charge in [-0.3, -0.25) is 0 Å². The molecule has 1 aliphatic heterocycles. The highest BCUT2D eigenvalue weighted by Crippen LogP contribution is 2.23. The Morgan fingerprint density at radius 1 is 1.00 bits per heavy atom. The van der Waals surface area contributed by atoms with Gasteiger partial charge in [-0.25, -0.2) is 14.4 Å². The van der Waals surface area contributed by atoms with Crippen molar-refractivity contribution in [2.24, 2.45) is 0 Å². The average molecular weight is 493 g/mol. The Morgan fingerprint density at radius 2 is 1.69 bits per heavy atom. The zero-order chi connectivity index (χ0) is 25.8. The number of unbranched alkanes of at least 4 members (excludes halogenated alkanes) is 3. The fourth-order valence-corrected chi connectivity index (χ4v) is 3.67. The number of hydrogen-bond donors (Lipinski definition) is 0. The third kappa shape index (κ3) is 8.73. The molecule has 0 saturated carbocycles. The first-order valence-corrected chi connectivity index (χ1v) is 12.2. The Morgan fingerprint density at radius 3 is 2.36 bits per heavy atom. The summed E-state index contributed by atoms with van der Waals surface area (Å²) in [7, 11) is 0. The van der Waals surface area contributed by atoms with E-state index in [0.29, 0.717) is 42.3 Å². The summed E-state index contributed by atoms with van der Waals surface area (Å²) in [6.07, 6.45) is 8.51. The SMILES string of the molecule is C=C1CC(CCCCCCOc2ccc(C(=O)Oc3ccc(/C=C/C(=O)OCC)cc3)cc2)OC1=O. The van der Waals surface area contributed by atoms with Crippen LogP contribution in [-0.2, 0) is 19.1 Å². The largest absolute Gasteiger partial charge is 0.494 e. The highest BCUT2D eigenvalue weighted by molar-refractivity contribution is 5.91. The van der Waals surface area contributed by atoms with Crippen molar-refractivity contribution in [2.45, 2.75) is 51.6 Å². The minimum Gasteiger partial charge on any atom is -0.494 e. The molecular formula is C29H32O7. The molecule has 7 nitrogen and oxygen atoms in total. The molecule has 1 atom stereocenters. The summed E-state index contributed by atoms with van der Waals surface area (Å²) >= 11 is 0. The van der Waals surface area contributed by atoms with E-state index in [1.807, 2.05) is 0 Å². The van der Waals surface area contributed by atoms with E-state index in [4.69, 9.17) is 18.9 Å². The van der Waals surface area contributed by atoms with Gasteiger partial charge in [-0.1, -0.05) is 31.6 Å². The molecule has 0 radical (unpaired) electrons. The Bertz CT molecular complexity index is 1050. The molecule has 0 aromatic heterocycles. The molecule has 1 fully saturated rings. The number of cyclic esters (lactones) is 1. The van der Waals surface area contributed by atoms with E-state index in [-0.39, 0.29) is 12.1 Å². The molecule has 190 valence electrons. The zero-order valence-corrected chi connectivity index (χ0v) is 20.6. The Kier molecular flexibility index (Phi) is 10.3. The van der Waals surface area contributed by atoms with Crippen molar-refractivity contribution in [3.05, 3.63) is 77.9 Å². The van der Waals surface area contributed by atoms with E-state index in [9.17, 15) is 14.4 Å². The van der Waals surface area contributed by atoms with Crippen LogP contribution in [0.4, 0.5) is 0 Å². The minimum absolute atomic E-state index is 0.00854. The zero-order valence-electron chi connectivity index (χ0n) is 20.6. The summed E-state index contributed by atoms with van der Waals surface area (Å²) in [6.45, 7) is 6.37. The predicted octanol–water partition coefficient (Wildman–Crippen LogP) is 5.68. The molecule has 2 aromatic carbocycles. The van der Waals surface area contributed by atoms with Crippen LogP contribution in [0.1, 0.15) is 61.4 Å². The first-order valence-electron chi connectivity index (χ1n) is 12.2. The topological polar surface area (TPSA) is 88.1 Å². The molecule has 1 unspecified atom stereocenters. The first kappa shape index (κ1) is 26.7. The molecule has 3 rings (SSSR count). The van der Waals surface area contributed by atoms with E-state index in [1.54, 1.807) is 61.5 Å². The van der Waals surface area contributed by atoms with E-state index < -0.39 is 11.9 Å². The van der Waals surface area contributed by atoms with Crippen molar-refractivity contribution >= 4 is 24.0 Å². The van der Waals surface area contributed by atoms with Gasteiger partial charge in [0.15, 0.2) is 0 Å². The van der Waals surface area contributed by atoms with E-state index >= 15 is 0 Å². The van der Waals surface area contributed by atoms with Gasteiger partial charge in [-0.2, -0.15) is 0 Å². The van der Waals surface area contributed by atoms with Gasteiger partial charge in [-0.05, 0) is 74.2 Å². The van der Waals surface area contributed by atoms with Crippen molar-refractivity contribution in [1.29, 1.82) is 0 Å². The van der Waals surface area contributed by atoms with E-state index in [1.165, 1.54) is 6.08 Å². The third-order valence-electron chi connectivity index (χ3n) is 5.60. The van der Waals surface area contributed by atoms with Gasteiger partial charge in [0.2, 0.25) is 0 Å². The summed E-state index contributed by atoms with van der Waals surface area (Å²) in [5.41, 5.74) is 1.78. The van der Waals surface area contributed by atoms with Crippen LogP contribution in [0, 0.1) is 0 Å². The molecule has 0 bridgehead atoms. The number of carbonyl (C=O) groups excluding carboxylic acids is 3. The molecule has 1 heterocycles. The van der Waals surface area contributed by atoms with E-state index in [2.05, 4.69) is 6.58 Å². The number of ether oxygens (including phenoxy) is 4. The molecule has 0 aliphatic carbocycles. The molecule has 7 heteroatoms. The Labute approximate surface area is 211 Å². The molecule has 0 spiro atoms. The van der Waals surface area contributed by atoms with Gasteiger partial charge in [0.1, 0.15) is 17.6 Å². The molecule has 1 saturated heterocycles. The standard InChI is InChI=1S/C29H32O7/c1-3-33-27(30)18-11-22-9-14-25(15-10-22)35-29(32)23-12-16-24(17-13-23)34-19-7-5-4-6-8-26-20-21(2)28(31)36-26/h9-18,26H,2-8,19-20H2,1H3/b18-11+. The number of hydrogen-bond acceptors (Lipinski definition) is 7. The summed E-state index contributed by atoms with van der Waals surface area (Å²) in [5.74, 6) is -0.0288. The van der Waals surface area contributed by atoms with Gasteiger partial charge < -0.3 is 18.9 Å². The molecule has 0 N–H and O–H groups in total. The quantitative estimate of drug-likeness (QED) is 0.154.